The van der Waals surface area contributed by atoms with Crippen LogP contribution in [0.3, 0.4) is 0 Å². The van der Waals surface area contributed by atoms with Gasteiger partial charge < -0.3 is 9.64 Å². The summed E-state index contributed by atoms with van der Waals surface area (Å²) in [5, 5.41) is 4.38. The molecular formula is C18H22N4O2. The van der Waals surface area contributed by atoms with E-state index in [2.05, 4.69) is 10.1 Å². The van der Waals surface area contributed by atoms with Gasteiger partial charge in [-0.3, -0.25) is 14.5 Å². The standard InChI is InChI=1S/C18H22N4O2/c1-21-17-14(8-20-21)9-22(18(23)16-4-2-3-7-19-16)10-15(17)12-24-11-13-5-6-13/h2-4,7-8,13,15H,5-6,9-12H2,1H3/t15-/m1/s1. The van der Waals surface area contributed by atoms with Gasteiger partial charge in [0.25, 0.3) is 5.91 Å². The number of amides is 1. The minimum atomic E-state index is -0.0303. The number of aromatic nitrogens is 3. The van der Waals surface area contributed by atoms with Gasteiger partial charge in [-0.05, 0) is 30.9 Å². The van der Waals surface area contributed by atoms with Crippen molar-refractivity contribution in [1.82, 2.24) is 19.7 Å². The molecule has 0 spiro atoms. The van der Waals surface area contributed by atoms with Crippen LogP contribution in [0.4, 0.5) is 0 Å². The molecule has 1 atom stereocenters. The van der Waals surface area contributed by atoms with Crippen LogP contribution in [0.15, 0.2) is 30.6 Å². The quantitative estimate of drug-likeness (QED) is 0.843. The lowest BCUT2D eigenvalue weighted by molar-refractivity contribution is 0.0616. The molecule has 0 bridgehead atoms. The molecule has 0 aromatic carbocycles. The molecule has 1 aliphatic carbocycles. The third kappa shape index (κ3) is 3.06. The van der Waals surface area contributed by atoms with E-state index in [0.29, 0.717) is 25.4 Å². The van der Waals surface area contributed by atoms with Crippen LogP contribution in [0.2, 0.25) is 0 Å². The van der Waals surface area contributed by atoms with Crippen LogP contribution in [-0.4, -0.2) is 45.3 Å². The first-order chi connectivity index (χ1) is 11.7. The van der Waals surface area contributed by atoms with Crippen molar-refractivity contribution in [2.75, 3.05) is 19.8 Å². The molecule has 2 aromatic heterocycles. The summed E-state index contributed by atoms with van der Waals surface area (Å²) in [5.74, 6) is 0.871. The monoisotopic (exact) mass is 326 g/mol. The van der Waals surface area contributed by atoms with Gasteiger partial charge in [0.05, 0.1) is 18.5 Å². The normalized spacial score (nSPS) is 20.0. The van der Waals surface area contributed by atoms with Gasteiger partial charge in [-0.15, -0.1) is 0 Å². The first kappa shape index (κ1) is 15.3. The van der Waals surface area contributed by atoms with Crippen molar-refractivity contribution in [1.29, 1.82) is 0 Å². The zero-order valence-corrected chi connectivity index (χ0v) is 13.9. The summed E-state index contributed by atoms with van der Waals surface area (Å²) in [5.41, 5.74) is 2.78. The van der Waals surface area contributed by atoms with Crippen LogP contribution in [0.25, 0.3) is 0 Å². The predicted molar refractivity (Wildman–Crippen MR) is 88.5 cm³/mol. The van der Waals surface area contributed by atoms with Crippen LogP contribution in [0.1, 0.15) is 40.5 Å². The number of rotatable bonds is 5. The molecule has 1 saturated carbocycles. The summed E-state index contributed by atoms with van der Waals surface area (Å²) < 4.78 is 7.84. The molecule has 2 aliphatic rings. The minimum Gasteiger partial charge on any atom is -0.380 e. The molecular weight excluding hydrogens is 304 g/mol. The highest BCUT2D eigenvalue weighted by Gasteiger charge is 2.32. The van der Waals surface area contributed by atoms with Crippen LogP contribution in [-0.2, 0) is 18.3 Å². The molecule has 2 aromatic rings. The van der Waals surface area contributed by atoms with Crippen LogP contribution >= 0.6 is 0 Å². The molecule has 24 heavy (non-hydrogen) atoms. The van der Waals surface area contributed by atoms with Gasteiger partial charge in [0.15, 0.2) is 0 Å². The maximum absolute atomic E-state index is 12.7. The Morgan fingerprint density at radius 2 is 2.21 bits per heavy atom. The highest BCUT2D eigenvalue weighted by molar-refractivity contribution is 5.92. The minimum absolute atomic E-state index is 0.0303. The fourth-order valence-corrected chi connectivity index (χ4v) is 3.36. The molecule has 6 nitrogen and oxygen atoms in total. The van der Waals surface area contributed by atoms with Gasteiger partial charge in [0.2, 0.25) is 0 Å². The summed E-state index contributed by atoms with van der Waals surface area (Å²) in [6, 6.07) is 5.43. The molecule has 1 fully saturated rings. The Hall–Kier alpha value is -2.21. The molecule has 6 heteroatoms. The maximum atomic E-state index is 12.7. The summed E-state index contributed by atoms with van der Waals surface area (Å²) in [6.07, 6.45) is 6.09. The second kappa shape index (κ2) is 6.36. The third-order valence-corrected chi connectivity index (χ3v) is 4.79. The number of ether oxygens (including phenoxy) is 1. The molecule has 0 saturated heterocycles. The van der Waals surface area contributed by atoms with Crippen LogP contribution in [0, 0.1) is 5.92 Å². The summed E-state index contributed by atoms with van der Waals surface area (Å²) in [7, 11) is 1.96. The zero-order valence-electron chi connectivity index (χ0n) is 13.9. The van der Waals surface area contributed by atoms with Gasteiger partial charge in [-0.1, -0.05) is 6.07 Å². The van der Waals surface area contributed by atoms with Crippen molar-refractivity contribution in [2.24, 2.45) is 13.0 Å². The van der Waals surface area contributed by atoms with Gasteiger partial charge in [-0.2, -0.15) is 5.10 Å². The van der Waals surface area contributed by atoms with Crippen molar-refractivity contribution in [2.45, 2.75) is 25.3 Å². The Morgan fingerprint density at radius 1 is 1.33 bits per heavy atom. The summed E-state index contributed by atoms with van der Waals surface area (Å²) in [4.78, 5) is 18.8. The molecule has 0 unspecified atom stereocenters. The zero-order chi connectivity index (χ0) is 16.5. The maximum Gasteiger partial charge on any atom is 0.272 e. The van der Waals surface area contributed by atoms with E-state index in [-0.39, 0.29) is 11.8 Å². The van der Waals surface area contributed by atoms with E-state index in [4.69, 9.17) is 4.74 Å². The molecule has 1 amide bonds. The van der Waals surface area contributed by atoms with Gasteiger partial charge >= 0.3 is 0 Å². The lowest BCUT2D eigenvalue weighted by atomic mass is 9.96. The van der Waals surface area contributed by atoms with Crippen molar-refractivity contribution >= 4 is 5.91 Å². The van der Waals surface area contributed by atoms with E-state index in [0.717, 1.165) is 18.1 Å². The van der Waals surface area contributed by atoms with Gasteiger partial charge in [-0.25, -0.2) is 0 Å². The molecule has 126 valence electrons. The lowest BCUT2D eigenvalue weighted by Gasteiger charge is -2.33. The molecule has 1 aliphatic heterocycles. The van der Waals surface area contributed by atoms with E-state index >= 15 is 0 Å². The fourth-order valence-electron chi connectivity index (χ4n) is 3.36. The number of aryl methyl sites for hydroxylation is 1. The highest BCUT2D eigenvalue weighted by atomic mass is 16.5. The Labute approximate surface area is 141 Å². The first-order valence-corrected chi connectivity index (χ1v) is 8.51. The summed E-state index contributed by atoms with van der Waals surface area (Å²) in [6.45, 7) is 2.69. The van der Waals surface area contributed by atoms with Crippen LogP contribution in [0.5, 0.6) is 0 Å². The molecule has 0 radical (unpaired) electrons. The number of hydrogen-bond acceptors (Lipinski definition) is 4. The Balaban J connectivity index is 1.52. The average Bonchev–Trinajstić information content (AvgIpc) is 3.36. The Bertz CT molecular complexity index is 724. The number of pyridine rings is 1. The second-order valence-corrected chi connectivity index (χ2v) is 6.76. The number of fused-ring (bicyclic) bond motifs is 1. The van der Waals surface area contributed by atoms with Crippen LogP contribution < -0.4 is 0 Å². The Morgan fingerprint density at radius 3 is 2.96 bits per heavy atom. The fraction of sp³-hybridized carbons (Fsp3) is 0.500. The Kier molecular flexibility index (Phi) is 4.06. The average molecular weight is 326 g/mol. The largest absolute Gasteiger partial charge is 0.380 e. The second-order valence-electron chi connectivity index (χ2n) is 6.76. The van der Waals surface area contributed by atoms with Crippen molar-refractivity contribution in [3.05, 3.63) is 47.5 Å². The smallest absolute Gasteiger partial charge is 0.272 e. The van der Waals surface area contributed by atoms with Gasteiger partial charge in [0.1, 0.15) is 5.69 Å². The molecule has 0 N–H and O–H groups in total. The van der Waals surface area contributed by atoms with Crippen molar-refractivity contribution < 1.29 is 9.53 Å². The van der Waals surface area contributed by atoms with E-state index in [1.807, 2.05) is 35.0 Å². The number of hydrogen-bond donors (Lipinski definition) is 0. The summed E-state index contributed by atoms with van der Waals surface area (Å²) >= 11 is 0. The van der Waals surface area contributed by atoms with Crippen molar-refractivity contribution in [3.8, 4) is 0 Å². The van der Waals surface area contributed by atoms with E-state index in [9.17, 15) is 4.79 Å². The predicted octanol–water partition coefficient (Wildman–Crippen LogP) is 1.98. The highest BCUT2D eigenvalue weighted by Crippen LogP contribution is 2.31. The lowest BCUT2D eigenvalue weighted by Crippen LogP contribution is -2.40. The number of carbonyl (C=O) groups excluding carboxylic acids is 1. The number of nitrogens with zero attached hydrogens (tertiary/aromatic N) is 4. The molecule has 3 heterocycles. The van der Waals surface area contributed by atoms with Gasteiger partial charge in [0, 0.05) is 44.4 Å². The molecule has 4 rings (SSSR count). The van der Waals surface area contributed by atoms with Crippen molar-refractivity contribution in [3.63, 3.8) is 0 Å². The topological polar surface area (TPSA) is 60.2 Å². The van der Waals surface area contributed by atoms with E-state index in [1.54, 1.807) is 12.3 Å². The van der Waals surface area contributed by atoms with E-state index in [1.165, 1.54) is 18.5 Å². The third-order valence-electron chi connectivity index (χ3n) is 4.79. The first-order valence-electron chi connectivity index (χ1n) is 8.51. The number of carbonyl (C=O) groups is 1. The van der Waals surface area contributed by atoms with E-state index < -0.39 is 0 Å². The SMILES string of the molecule is Cn1ncc2c1[C@@H](COCC1CC1)CN(C(=O)c1ccccn1)C2.